The molecule has 0 spiro atoms. The van der Waals surface area contributed by atoms with Crippen molar-refractivity contribution in [3.63, 3.8) is 0 Å². The molecule has 0 aliphatic heterocycles. The second-order valence-electron chi connectivity index (χ2n) is 3.55. The molecule has 17 heavy (non-hydrogen) atoms. The zero-order valence-corrected chi connectivity index (χ0v) is 8.79. The lowest BCUT2D eigenvalue weighted by Gasteiger charge is -2.12. The van der Waals surface area contributed by atoms with Crippen molar-refractivity contribution in [3.05, 3.63) is 50.0 Å². The van der Waals surface area contributed by atoms with Crippen molar-refractivity contribution in [2.45, 2.75) is 6.54 Å². The first-order chi connectivity index (χ1) is 8.06. The molecule has 0 unspecified atom stereocenters. The average molecular weight is 235 g/mol. The molecule has 88 valence electrons. The topological polar surface area (TPSA) is 98.2 Å². The van der Waals surface area contributed by atoms with Crippen LogP contribution in [0, 0.1) is 5.82 Å². The Kier molecular flexibility index (Phi) is 2.64. The molecule has 0 aromatic heterocycles. The van der Waals surface area contributed by atoms with Gasteiger partial charge < -0.3 is 16.8 Å². The Morgan fingerprint density at radius 3 is 2.53 bits per heavy atom. The smallest absolute Gasteiger partial charge is 0.253 e. The van der Waals surface area contributed by atoms with Gasteiger partial charge >= 0.3 is 0 Å². The lowest BCUT2D eigenvalue weighted by Crippen LogP contribution is -2.36. The lowest BCUT2D eigenvalue weighted by molar-refractivity contribution is 0.615. The summed E-state index contributed by atoms with van der Waals surface area (Å²) in [6, 6.07) is 4.56. The van der Waals surface area contributed by atoms with Crippen LogP contribution in [0.15, 0.2) is 27.8 Å². The van der Waals surface area contributed by atoms with E-state index in [9.17, 15) is 14.0 Å². The first-order valence-corrected chi connectivity index (χ1v) is 4.89. The minimum Gasteiger partial charge on any atom is -0.394 e. The Bertz CT molecular complexity index is 644. The fraction of sp³-hybridized carbons (Fsp3) is 0.0909. The van der Waals surface area contributed by atoms with E-state index >= 15 is 0 Å². The summed E-state index contributed by atoms with van der Waals surface area (Å²) in [5.41, 5.74) is 9.34. The van der Waals surface area contributed by atoms with Crippen LogP contribution in [0.2, 0.25) is 0 Å². The normalized spacial score (nSPS) is 10.7. The van der Waals surface area contributed by atoms with E-state index in [1.165, 1.54) is 12.1 Å². The van der Waals surface area contributed by atoms with Gasteiger partial charge in [0.25, 0.3) is 10.9 Å². The number of benzene rings is 1. The van der Waals surface area contributed by atoms with Crippen LogP contribution in [0.25, 0.3) is 0 Å². The maximum Gasteiger partial charge on any atom is 0.253 e. The molecular formula is C11H10FN3O2. The van der Waals surface area contributed by atoms with Gasteiger partial charge in [-0.1, -0.05) is 12.1 Å². The molecule has 0 fully saturated rings. The molecule has 6 heteroatoms. The van der Waals surface area contributed by atoms with Gasteiger partial charge in [0.2, 0.25) is 0 Å². The summed E-state index contributed by atoms with van der Waals surface area (Å²) >= 11 is 0. The largest absolute Gasteiger partial charge is 0.394 e. The standard InChI is InChI=1S/C11H10FN3O2/c12-7-5(4-13)2-1-3-6(7)15-9-8(14)10(16)11(9)17/h1-3,15H,4,13-14H2. The third-order valence-electron chi connectivity index (χ3n) is 2.51. The lowest BCUT2D eigenvalue weighted by atomic mass is 10.1. The second-order valence-corrected chi connectivity index (χ2v) is 3.55. The summed E-state index contributed by atoms with van der Waals surface area (Å²) in [7, 11) is 0. The molecule has 0 aliphatic carbocycles. The highest BCUT2D eigenvalue weighted by Gasteiger charge is 2.19. The van der Waals surface area contributed by atoms with Gasteiger partial charge in [0.1, 0.15) is 11.4 Å². The minimum atomic E-state index is -0.747. The minimum absolute atomic E-state index is 0.0444. The molecule has 0 aliphatic rings. The number of hydrogen-bond acceptors (Lipinski definition) is 5. The summed E-state index contributed by atoms with van der Waals surface area (Å²) < 4.78 is 13.7. The predicted octanol–water partition coefficient (Wildman–Crippen LogP) is 0.206. The zero-order chi connectivity index (χ0) is 12.6. The van der Waals surface area contributed by atoms with Crippen molar-refractivity contribution >= 4 is 17.1 Å². The van der Waals surface area contributed by atoms with E-state index < -0.39 is 16.7 Å². The molecule has 2 rings (SSSR count). The quantitative estimate of drug-likeness (QED) is 0.660. The van der Waals surface area contributed by atoms with Gasteiger partial charge in [-0.05, 0) is 6.07 Å². The van der Waals surface area contributed by atoms with E-state index in [0.717, 1.165) is 0 Å². The number of nitrogen functional groups attached to an aromatic ring is 1. The Labute approximate surface area is 95.6 Å². The first-order valence-electron chi connectivity index (χ1n) is 4.89. The van der Waals surface area contributed by atoms with E-state index in [1.54, 1.807) is 6.07 Å². The Morgan fingerprint density at radius 1 is 1.24 bits per heavy atom. The number of nitrogens with one attached hydrogen (secondary N) is 1. The van der Waals surface area contributed by atoms with Gasteiger partial charge in [0, 0.05) is 12.1 Å². The van der Waals surface area contributed by atoms with E-state index in [1.807, 2.05) is 0 Å². The third kappa shape index (κ3) is 1.68. The highest BCUT2D eigenvalue weighted by Crippen LogP contribution is 2.23. The number of nitrogens with two attached hydrogens (primary N) is 2. The van der Waals surface area contributed by atoms with E-state index in [4.69, 9.17) is 11.5 Å². The Morgan fingerprint density at radius 2 is 1.94 bits per heavy atom. The summed E-state index contributed by atoms with van der Waals surface area (Å²) in [6.07, 6.45) is 0. The van der Waals surface area contributed by atoms with Crippen LogP contribution in [0.3, 0.4) is 0 Å². The van der Waals surface area contributed by atoms with E-state index in [2.05, 4.69) is 5.32 Å². The van der Waals surface area contributed by atoms with Gasteiger partial charge in [-0.3, -0.25) is 9.59 Å². The van der Waals surface area contributed by atoms with E-state index in [0.29, 0.717) is 5.56 Å². The van der Waals surface area contributed by atoms with Gasteiger partial charge in [-0.25, -0.2) is 4.39 Å². The summed E-state index contributed by atoms with van der Waals surface area (Å²) in [6.45, 7) is 0.0444. The second kappa shape index (κ2) is 3.99. The maximum atomic E-state index is 13.7. The molecule has 0 saturated heterocycles. The van der Waals surface area contributed by atoms with Crippen molar-refractivity contribution in [1.29, 1.82) is 0 Å². The number of hydrogen-bond donors (Lipinski definition) is 3. The summed E-state index contributed by atoms with van der Waals surface area (Å²) in [5, 5.41) is 2.50. The average Bonchev–Trinajstić information content (AvgIpc) is 2.36. The zero-order valence-electron chi connectivity index (χ0n) is 8.79. The van der Waals surface area contributed by atoms with Crippen LogP contribution in [0.4, 0.5) is 21.5 Å². The fourth-order valence-electron chi connectivity index (χ4n) is 1.50. The van der Waals surface area contributed by atoms with Gasteiger partial charge in [-0.15, -0.1) is 0 Å². The van der Waals surface area contributed by atoms with Crippen LogP contribution in [0.5, 0.6) is 0 Å². The predicted molar refractivity (Wildman–Crippen MR) is 63.3 cm³/mol. The number of anilines is 3. The van der Waals surface area contributed by atoms with Crippen molar-refractivity contribution in [2.24, 2.45) is 5.73 Å². The van der Waals surface area contributed by atoms with Crippen LogP contribution in [-0.4, -0.2) is 0 Å². The highest BCUT2D eigenvalue weighted by molar-refractivity contribution is 5.76. The molecule has 0 bridgehead atoms. The Hall–Kier alpha value is -2.21. The van der Waals surface area contributed by atoms with Crippen molar-refractivity contribution in [2.75, 3.05) is 11.1 Å². The SMILES string of the molecule is NCc1cccc(Nc2c(N)c(=O)c2=O)c1F. The molecule has 0 radical (unpaired) electrons. The van der Waals surface area contributed by atoms with Gasteiger partial charge in [0.05, 0.1) is 5.69 Å². The summed E-state index contributed by atoms with van der Waals surface area (Å²) in [5.74, 6) is -0.553. The molecule has 0 amide bonds. The van der Waals surface area contributed by atoms with Crippen LogP contribution in [-0.2, 0) is 6.54 Å². The molecule has 0 atom stereocenters. The van der Waals surface area contributed by atoms with Crippen molar-refractivity contribution in [3.8, 4) is 0 Å². The fourth-order valence-corrected chi connectivity index (χ4v) is 1.50. The van der Waals surface area contributed by atoms with Crippen LogP contribution < -0.4 is 27.6 Å². The van der Waals surface area contributed by atoms with Gasteiger partial charge in [-0.2, -0.15) is 0 Å². The monoisotopic (exact) mass is 235 g/mol. The number of halogens is 1. The highest BCUT2D eigenvalue weighted by atomic mass is 19.1. The molecule has 0 saturated carbocycles. The molecule has 2 aromatic carbocycles. The Balaban J connectivity index is 2.38. The van der Waals surface area contributed by atoms with Crippen LogP contribution >= 0.6 is 0 Å². The summed E-state index contributed by atoms with van der Waals surface area (Å²) in [4.78, 5) is 22.0. The van der Waals surface area contributed by atoms with E-state index in [-0.39, 0.29) is 23.6 Å². The maximum absolute atomic E-state index is 13.7. The van der Waals surface area contributed by atoms with Crippen LogP contribution in [0.1, 0.15) is 5.56 Å². The van der Waals surface area contributed by atoms with Crippen molar-refractivity contribution < 1.29 is 4.39 Å². The molecular weight excluding hydrogens is 225 g/mol. The number of rotatable bonds is 3. The molecule has 5 nitrogen and oxygen atoms in total. The van der Waals surface area contributed by atoms with Gasteiger partial charge in [0.15, 0.2) is 5.82 Å². The van der Waals surface area contributed by atoms with Crippen molar-refractivity contribution in [1.82, 2.24) is 0 Å². The first kappa shape index (κ1) is 11.3. The molecule has 0 heterocycles. The molecule has 5 N–H and O–H groups in total. The third-order valence-corrected chi connectivity index (χ3v) is 2.51. The molecule has 2 aromatic rings.